The van der Waals surface area contributed by atoms with Crippen LogP contribution in [-0.2, 0) is 0 Å². The van der Waals surface area contributed by atoms with Gasteiger partial charge >= 0.3 is 0 Å². The molecule has 0 N–H and O–H groups in total. The van der Waals surface area contributed by atoms with Crippen molar-refractivity contribution in [1.29, 1.82) is 0 Å². The summed E-state index contributed by atoms with van der Waals surface area (Å²) in [7, 11) is 1.85. The molecule has 80 valence electrons. The summed E-state index contributed by atoms with van der Waals surface area (Å²) in [5.41, 5.74) is 0.682. The SMILES string of the molecule is CN(C(=O)c1cc(Cl)cc(I)c1)C1CC1. The van der Waals surface area contributed by atoms with Gasteiger partial charge in [-0.15, -0.1) is 0 Å². The number of nitrogens with zero attached hydrogens (tertiary/aromatic N) is 1. The van der Waals surface area contributed by atoms with Gasteiger partial charge in [0.15, 0.2) is 0 Å². The second-order valence-electron chi connectivity index (χ2n) is 3.81. The average Bonchev–Trinajstić information content (AvgIpc) is 2.97. The van der Waals surface area contributed by atoms with Crippen LogP contribution in [0.3, 0.4) is 0 Å². The second kappa shape index (κ2) is 4.29. The molecule has 1 saturated carbocycles. The summed E-state index contributed by atoms with van der Waals surface area (Å²) in [5, 5.41) is 0.620. The van der Waals surface area contributed by atoms with Crippen LogP contribution in [0, 0.1) is 3.57 Å². The molecule has 1 amide bonds. The zero-order valence-electron chi connectivity index (χ0n) is 8.34. The Morgan fingerprint density at radius 1 is 1.47 bits per heavy atom. The first-order valence-electron chi connectivity index (χ1n) is 4.81. The Hall–Kier alpha value is -0.290. The number of halogens is 2. The summed E-state index contributed by atoms with van der Waals surface area (Å²) in [6, 6.07) is 5.88. The van der Waals surface area contributed by atoms with Gasteiger partial charge in [0.2, 0.25) is 0 Å². The monoisotopic (exact) mass is 335 g/mol. The standard InChI is InChI=1S/C11H11ClINO/c1-14(10-2-3-10)11(15)7-4-8(12)6-9(13)5-7/h4-6,10H,2-3H2,1H3. The first kappa shape index (κ1) is 11.2. The van der Waals surface area contributed by atoms with Crippen molar-refractivity contribution >= 4 is 40.1 Å². The van der Waals surface area contributed by atoms with Gasteiger partial charge in [-0.05, 0) is 53.6 Å². The van der Waals surface area contributed by atoms with Crippen LogP contribution in [0.25, 0.3) is 0 Å². The molecule has 1 aromatic carbocycles. The Labute approximate surface area is 108 Å². The Morgan fingerprint density at radius 2 is 2.13 bits per heavy atom. The van der Waals surface area contributed by atoms with Crippen LogP contribution in [0.4, 0.5) is 0 Å². The molecule has 1 aromatic rings. The smallest absolute Gasteiger partial charge is 0.253 e. The van der Waals surface area contributed by atoms with Crippen LogP contribution in [-0.4, -0.2) is 23.9 Å². The summed E-state index contributed by atoms with van der Waals surface area (Å²) in [6.07, 6.45) is 2.25. The summed E-state index contributed by atoms with van der Waals surface area (Å²) in [6.45, 7) is 0. The molecule has 0 radical (unpaired) electrons. The second-order valence-corrected chi connectivity index (χ2v) is 5.49. The third-order valence-corrected chi connectivity index (χ3v) is 3.37. The van der Waals surface area contributed by atoms with Crippen LogP contribution in [0.5, 0.6) is 0 Å². The van der Waals surface area contributed by atoms with E-state index >= 15 is 0 Å². The van der Waals surface area contributed by atoms with Crippen LogP contribution in [0.1, 0.15) is 23.2 Å². The zero-order chi connectivity index (χ0) is 11.0. The van der Waals surface area contributed by atoms with Gasteiger partial charge in [-0.3, -0.25) is 4.79 Å². The molecule has 0 spiro atoms. The molecule has 1 aliphatic carbocycles. The number of carbonyl (C=O) groups is 1. The first-order chi connectivity index (χ1) is 7.08. The van der Waals surface area contributed by atoms with Crippen molar-refractivity contribution in [3.05, 3.63) is 32.4 Å². The molecular weight excluding hydrogens is 324 g/mol. The van der Waals surface area contributed by atoms with Gasteiger partial charge in [0.1, 0.15) is 0 Å². The fourth-order valence-electron chi connectivity index (χ4n) is 1.51. The lowest BCUT2D eigenvalue weighted by molar-refractivity contribution is 0.0785. The quantitative estimate of drug-likeness (QED) is 0.760. The topological polar surface area (TPSA) is 20.3 Å². The van der Waals surface area contributed by atoms with E-state index in [1.54, 1.807) is 6.07 Å². The fraction of sp³-hybridized carbons (Fsp3) is 0.364. The molecule has 2 rings (SSSR count). The predicted molar refractivity (Wildman–Crippen MR) is 69.3 cm³/mol. The van der Waals surface area contributed by atoms with Gasteiger partial charge in [0, 0.05) is 27.2 Å². The highest BCUT2D eigenvalue weighted by molar-refractivity contribution is 14.1. The third-order valence-electron chi connectivity index (χ3n) is 2.52. The van der Waals surface area contributed by atoms with Gasteiger partial charge in [-0.25, -0.2) is 0 Å². The van der Waals surface area contributed by atoms with Crippen molar-refractivity contribution < 1.29 is 4.79 Å². The summed E-state index contributed by atoms with van der Waals surface area (Å²) < 4.78 is 0.993. The van der Waals surface area contributed by atoms with E-state index in [4.69, 9.17) is 11.6 Å². The average molecular weight is 336 g/mol. The van der Waals surface area contributed by atoms with Gasteiger partial charge in [-0.2, -0.15) is 0 Å². The Bertz CT molecular complexity index is 383. The van der Waals surface area contributed by atoms with Crippen molar-refractivity contribution in [1.82, 2.24) is 4.90 Å². The van der Waals surface area contributed by atoms with E-state index in [-0.39, 0.29) is 5.91 Å². The van der Waals surface area contributed by atoms with E-state index in [1.165, 1.54) is 0 Å². The van der Waals surface area contributed by atoms with Crippen LogP contribution in [0.15, 0.2) is 18.2 Å². The maximum Gasteiger partial charge on any atom is 0.253 e. The normalized spacial score (nSPS) is 15.1. The van der Waals surface area contributed by atoms with Crippen molar-refractivity contribution in [3.63, 3.8) is 0 Å². The lowest BCUT2D eigenvalue weighted by atomic mass is 10.2. The molecule has 0 aliphatic heterocycles. The molecule has 4 heteroatoms. The molecule has 1 fully saturated rings. The van der Waals surface area contributed by atoms with E-state index in [1.807, 2.05) is 24.1 Å². The predicted octanol–water partition coefficient (Wildman–Crippen LogP) is 3.18. The maximum atomic E-state index is 12.0. The molecule has 1 aliphatic rings. The molecule has 0 heterocycles. The molecule has 2 nitrogen and oxygen atoms in total. The lowest BCUT2D eigenvalue weighted by Gasteiger charge is -2.16. The van der Waals surface area contributed by atoms with E-state index in [0.29, 0.717) is 16.6 Å². The van der Waals surface area contributed by atoms with Gasteiger partial charge in [0.25, 0.3) is 5.91 Å². The molecule has 15 heavy (non-hydrogen) atoms. The fourth-order valence-corrected chi connectivity index (χ4v) is 2.60. The lowest BCUT2D eigenvalue weighted by Crippen LogP contribution is -2.28. The van der Waals surface area contributed by atoms with E-state index < -0.39 is 0 Å². The molecule has 0 atom stereocenters. The largest absolute Gasteiger partial charge is 0.339 e. The molecule has 0 bridgehead atoms. The van der Waals surface area contributed by atoms with E-state index in [0.717, 1.165) is 16.4 Å². The highest BCUT2D eigenvalue weighted by Gasteiger charge is 2.30. The van der Waals surface area contributed by atoms with Gasteiger partial charge in [0.05, 0.1) is 0 Å². The Kier molecular flexibility index (Phi) is 3.21. The summed E-state index contributed by atoms with van der Waals surface area (Å²) in [5.74, 6) is 0.0675. The maximum absolute atomic E-state index is 12.0. The third kappa shape index (κ3) is 2.64. The van der Waals surface area contributed by atoms with E-state index in [9.17, 15) is 4.79 Å². The van der Waals surface area contributed by atoms with Crippen LogP contribution >= 0.6 is 34.2 Å². The minimum Gasteiger partial charge on any atom is -0.339 e. The number of hydrogen-bond donors (Lipinski definition) is 0. The minimum atomic E-state index is 0.0675. The number of benzene rings is 1. The number of rotatable bonds is 2. The molecule has 0 saturated heterocycles. The van der Waals surface area contributed by atoms with Crippen LogP contribution < -0.4 is 0 Å². The van der Waals surface area contributed by atoms with Gasteiger partial charge in [-0.1, -0.05) is 11.6 Å². The molecule has 0 aromatic heterocycles. The van der Waals surface area contributed by atoms with Crippen molar-refractivity contribution in [2.24, 2.45) is 0 Å². The van der Waals surface area contributed by atoms with Crippen molar-refractivity contribution in [3.8, 4) is 0 Å². The van der Waals surface area contributed by atoms with Crippen molar-refractivity contribution in [2.75, 3.05) is 7.05 Å². The van der Waals surface area contributed by atoms with Crippen molar-refractivity contribution in [2.45, 2.75) is 18.9 Å². The molecular formula is C11H11ClINO. The summed E-state index contributed by atoms with van der Waals surface area (Å²) >= 11 is 8.08. The number of amides is 1. The summed E-state index contributed by atoms with van der Waals surface area (Å²) in [4.78, 5) is 13.8. The Balaban J connectivity index is 2.24. The number of carbonyl (C=O) groups excluding carboxylic acids is 1. The molecule has 0 unspecified atom stereocenters. The Morgan fingerprint density at radius 3 is 2.67 bits per heavy atom. The first-order valence-corrected chi connectivity index (χ1v) is 6.27. The van der Waals surface area contributed by atoms with Crippen LogP contribution in [0.2, 0.25) is 5.02 Å². The zero-order valence-corrected chi connectivity index (χ0v) is 11.2. The highest BCUT2D eigenvalue weighted by atomic mass is 127. The minimum absolute atomic E-state index is 0.0675. The number of hydrogen-bond acceptors (Lipinski definition) is 1. The highest BCUT2D eigenvalue weighted by Crippen LogP contribution is 2.27. The van der Waals surface area contributed by atoms with E-state index in [2.05, 4.69) is 22.6 Å². The van der Waals surface area contributed by atoms with Gasteiger partial charge < -0.3 is 4.90 Å².